The quantitative estimate of drug-likeness (QED) is 0.246. The number of benzene rings is 3. The number of hydrogen-bond acceptors (Lipinski definition) is 4. The number of hydrogen-bond donors (Lipinski definition) is 0. The first-order valence-corrected chi connectivity index (χ1v) is 11.7. The molecule has 4 rings (SSSR count). The molecular weight excluding hydrogens is 461 g/mol. The number of carbonyl (C=O) groups is 1. The first-order chi connectivity index (χ1) is 16.4. The molecule has 1 amide bonds. The highest BCUT2D eigenvalue weighted by Gasteiger charge is 2.34. The maximum Gasteiger partial charge on any atom is 0.418 e. The minimum absolute atomic E-state index is 0.155. The predicted molar refractivity (Wildman–Crippen MR) is 128 cm³/mol. The van der Waals surface area contributed by atoms with Crippen LogP contribution in [0.5, 0.6) is 5.75 Å². The normalized spacial score (nSPS) is 11.5. The van der Waals surface area contributed by atoms with Crippen LogP contribution in [0, 0.1) is 0 Å². The van der Waals surface area contributed by atoms with Crippen molar-refractivity contribution >= 4 is 32.6 Å². The van der Waals surface area contributed by atoms with Crippen LogP contribution in [0.25, 0.3) is 10.2 Å². The van der Waals surface area contributed by atoms with Gasteiger partial charge in [-0.1, -0.05) is 67.1 Å². The van der Waals surface area contributed by atoms with Crippen LogP contribution in [0.1, 0.15) is 41.3 Å². The van der Waals surface area contributed by atoms with E-state index in [1.54, 1.807) is 30.3 Å². The van der Waals surface area contributed by atoms with Crippen LogP contribution in [0.4, 0.5) is 18.3 Å². The van der Waals surface area contributed by atoms with E-state index in [2.05, 4.69) is 11.9 Å². The van der Waals surface area contributed by atoms with Gasteiger partial charge in [-0.15, -0.1) is 0 Å². The second-order valence-electron chi connectivity index (χ2n) is 7.75. The molecule has 0 fully saturated rings. The fraction of sp³-hybridized carbons (Fsp3) is 0.231. The van der Waals surface area contributed by atoms with Crippen LogP contribution in [-0.4, -0.2) is 17.5 Å². The van der Waals surface area contributed by atoms with Gasteiger partial charge in [0.2, 0.25) is 0 Å². The molecule has 3 aromatic carbocycles. The molecule has 4 nitrogen and oxygen atoms in total. The Hall–Kier alpha value is -3.39. The molecule has 4 aromatic rings. The summed E-state index contributed by atoms with van der Waals surface area (Å²) in [6.07, 6.45) is -2.66. The zero-order chi connectivity index (χ0) is 24.1. The summed E-state index contributed by atoms with van der Waals surface area (Å²) in [6, 6.07) is 20.1. The third-order valence-electron chi connectivity index (χ3n) is 5.22. The molecule has 1 heterocycles. The predicted octanol–water partition coefficient (Wildman–Crippen LogP) is 7.34. The van der Waals surface area contributed by atoms with E-state index in [1.165, 1.54) is 11.0 Å². The van der Waals surface area contributed by atoms with Gasteiger partial charge in [-0.2, -0.15) is 13.2 Å². The number of para-hydroxylation sites is 1. The molecule has 0 N–H and O–H groups in total. The van der Waals surface area contributed by atoms with Crippen molar-refractivity contribution in [2.24, 2.45) is 0 Å². The Morgan fingerprint density at radius 1 is 1.03 bits per heavy atom. The molecule has 0 aliphatic rings. The Morgan fingerprint density at radius 2 is 1.79 bits per heavy atom. The standard InChI is InChI=1S/C26H23F3N2O2S/c1-2-3-15-33-20-12-7-11-19(16-20)24(32)31(17-18-9-5-4-6-10-18)25-30-23-21(26(27,28)29)13-8-14-22(23)34-25/h4-14,16H,2-3,15,17H2,1H3. The Kier molecular flexibility index (Phi) is 7.17. The van der Waals surface area contributed by atoms with Crippen molar-refractivity contribution in [1.29, 1.82) is 0 Å². The van der Waals surface area contributed by atoms with Gasteiger partial charge in [0.05, 0.1) is 28.9 Å². The van der Waals surface area contributed by atoms with E-state index in [-0.39, 0.29) is 23.1 Å². The summed E-state index contributed by atoms with van der Waals surface area (Å²) < 4.78 is 46.7. The highest BCUT2D eigenvalue weighted by Crippen LogP contribution is 2.39. The SMILES string of the molecule is CCCCOc1cccc(C(=O)N(Cc2ccccc2)c2nc3c(C(F)(F)F)cccc3s2)c1. The van der Waals surface area contributed by atoms with Crippen LogP contribution in [0.2, 0.25) is 0 Å². The van der Waals surface area contributed by atoms with Gasteiger partial charge in [0.25, 0.3) is 5.91 Å². The Labute approximate surface area is 199 Å². The first kappa shape index (κ1) is 23.8. The van der Waals surface area contributed by atoms with Crippen LogP contribution >= 0.6 is 11.3 Å². The number of anilines is 1. The molecule has 0 unspecified atom stereocenters. The minimum atomic E-state index is -4.54. The number of halogens is 3. The van der Waals surface area contributed by atoms with Crippen molar-refractivity contribution in [3.63, 3.8) is 0 Å². The summed E-state index contributed by atoms with van der Waals surface area (Å²) in [5.41, 5.74) is 0.241. The summed E-state index contributed by atoms with van der Waals surface area (Å²) in [6.45, 7) is 2.77. The monoisotopic (exact) mass is 484 g/mol. The van der Waals surface area contributed by atoms with Gasteiger partial charge < -0.3 is 4.74 Å². The first-order valence-electron chi connectivity index (χ1n) is 10.9. The average Bonchev–Trinajstić information content (AvgIpc) is 3.26. The number of ether oxygens (including phenoxy) is 1. The Bertz CT molecular complexity index is 1270. The number of amides is 1. The number of unbranched alkanes of at least 4 members (excludes halogenated alkanes) is 1. The zero-order valence-electron chi connectivity index (χ0n) is 18.5. The third kappa shape index (κ3) is 5.39. The van der Waals surface area contributed by atoms with E-state index in [0.717, 1.165) is 35.8 Å². The summed E-state index contributed by atoms with van der Waals surface area (Å²) in [5, 5.41) is 0.206. The maximum absolute atomic E-state index is 13.6. The van der Waals surface area contributed by atoms with Crippen LogP contribution in [0.3, 0.4) is 0 Å². The molecule has 1 aromatic heterocycles. The molecule has 0 bridgehead atoms. The smallest absolute Gasteiger partial charge is 0.418 e. The third-order valence-corrected chi connectivity index (χ3v) is 6.26. The van der Waals surface area contributed by atoms with Gasteiger partial charge in [-0.05, 0) is 42.3 Å². The van der Waals surface area contributed by atoms with Crippen molar-refractivity contribution in [1.82, 2.24) is 4.98 Å². The van der Waals surface area contributed by atoms with Crippen molar-refractivity contribution in [3.05, 3.63) is 89.5 Å². The van der Waals surface area contributed by atoms with Gasteiger partial charge in [0.1, 0.15) is 5.75 Å². The topological polar surface area (TPSA) is 42.4 Å². The molecule has 0 atom stereocenters. The fourth-order valence-corrected chi connectivity index (χ4v) is 4.47. The van der Waals surface area contributed by atoms with Crippen molar-refractivity contribution in [2.75, 3.05) is 11.5 Å². The van der Waals surface area contributed by atoms with E-state index in [0.29, 0.717) is 22.6 Å². The van der Waals surface area contributed by atoms with Gasteiger partial charge in [0.15, 0.2) is 5.13 Å². The Balaban J connectivity index is 1.73. The average molecular weight is 485 g/mol. The summed E-state index contributed by atoms with van der Waals surface area (Å²) >= 11 is 1.06. The molecular formula is C26H23F3N2O2S. The number of rotatable bonds is 8. The largest absolute Gasteiger partial charge is 0.494 e. The van der Waals surface area contributed by atoms with Crippen molar-refractivity contribution in [3.8, 4) is 5.75 Å². The number of carbonyl (C=O) groups excluding carboxylic acids is 1. The minimum Gasteiger partial charge on any atom is -0.494 e. The van der Waals surface area contributed by atoms with Crippen molar-refractivity contribution in [2.45, 2.75) is 32.5 Å². The molecule has 0 aliphatic heterocycles. The lowest BCUT2D eigenvalue weighted by Crippen LogP contribution is -2.30. The second-order valence-corrected chi connectivity index (χ2v) is 8.76. The number of alkyl halides is 3. The fourth-order valence-electron chi connectivity index (χ4n) is 3.48. The van der Waals surface area contributed by atoms with Gasteiger partial charge >= 0.3 is 6.18 Å². The summed E-state index contributed by atoms with van der Waals surface area (Å²) in [4.78, 5) is 19.3. The molecule has 0 spiro atoms. The molecule has 0 saturated carbocycles. The number of aromatic nitrogens is 1. The number of thiazole rings is 1. The van der Waals surface area contributed by atoms with Crippen molar-refractivity contribution < 1.29 is 22.7 Å². The molecule has 0 aliphatic carbocycles. The molecule has 176 valence electrons. The maximum atomic E-state index is 13.6. The molecule has 0 saturated heterocycles. The lowest BCUT2D eigenvalue weighted by molar-refractivity contribution is -0.136. The Morgan fingerprint density at radius 3 is 2.53 bits per heavy atom. The van der Waals surface area contributed by atoms with Gasteiger partial charge in [-0.3, -0.25) is 9.69 Å². The van der Waals surface area contributed by atoms with E-state index in [4.69, 9.17) is 4.74 Å². The highest BCUT2D eigenvalue weighted by molar-refractivity contribution is 7.22. The van der Waals surface area contributed by atoms with Gasteiger partial charge in [-0.25, -0.2) is 4.98 Å². The lowest BCUT2D eigenvalue weighted by atomic mass is 10.1. The highest BCUT2D eigenvalue weighted by atomic mass is 32.1. The van der Waals surface area contributed by atoms with E-state index in [1.807, 2.05) is 30.3 Å². The molecule has 8 heteroatoms. The molecule has 34 heavy (non-hydrogen) atoms. The summed E-state index contributed by atoms with van der Waals surface area (Å²) in [5.74, 6) is 0.208. The second kappa shape index (κ2) is 10.3. The van der Waals surface area contributed by atoms with Crippen LogP contribution in [-0.2, 0) is 12.7 Å². The van der Waals surface area contributed by atoms with E-state index < -0.39 is 11.7 Å². The molecule has 0 radical (unpaired) electrons. The summed E-state index contributed by atoms with van der Waals surface area (Å²) in [7, 11) is 0. The van der Waals surface area contributed by atoms with Crippen LogP contribution < -0.4 is 9.64 Å². The zero-order valence-corrected chi connectivity index (χ0v) is 19.3. The van der Waals surface area contributed by atoms with E-state index in [9.17, 15) is 18.0 Å². The number of nitrogens with zero attached hydrogens (tertiary/aromatic N) is 2. The number of fused-ring (bicyclic) bond motifs is 1. The van der Waals surface area contributed by atoms with E-state index >= 15 is 0 Å². The lowest BCUT2D eigenvalue weighted by Gasteiger charge is -2.20. The van der Waals surface area contributed by atoms with Gasteiger partial charge in [0, 0.05) is 5.56 Å². The van der Waals surface area contributed by atoms with Crippen LogP contribution in [0.15, 0.2) is 72.8 Å².